The van der Waals surface area contributed by atoms with E-state index in [0.29, 0.717) is 24.1 Å². The van der Waals surface area contributed by atoms with Crippen molar-refractivity contribution in [2.45, 2.75) is 107 Å². The Kier molecular flexibility index (Phi) is 7.66. The lowest BCUT2D eigenvalue weighted by Crippen LogP contribution is -2.49. The van der Waals surface area contributed by atoms with Crippen LogP contribution in [0.5, 0.6) is 0 Å². The average Bonchev–Trinajstić information content (AvgIpc) is 3.72. The van der Waals surface area contributed by atoms with Gasteiger partial charge in [-0.15, -0.1) is 4.95 Å². The number of fused-ring (bicyclic) bond motifs is 3. The molecule has 0 N–H and O–H groups in total. The SMILES string of the molecule is [C-]#[N+]/N=C(\OC1CCCC1)N1CCC(CCN2[C@@H]3CC[C@H]2CC(n2c(C)nc4ccccc42)C3)(c2ccccc2)CC1. The van der Waals surface area contributed by atoms with E-state index >= 15 is 0 Å². The molecule has 4 fully saturated rings. The largest absolute Gasteiger partial charge is 0.457 e. The fraction of sp³-hybridized carbons (Fsp3) is 0.571. The van der Waals surface area contributed by atoms with Gasteiger partial charge in [0.25, 0.3) is 0 Å². The normalized spacial score (nSPS) is 26.5. The maximum Gasteiger partial charge on any atom is 0.371 e. The molecule has 1 aromatic heterocycles. The molecule has 220 valence electrons. The number of para-hydroxylation sites is 2. The molecular formula is C35H44N6O. The zero-order chi connectivity index (χ0) is 28.5. The summed E-state index contributed by atoms with van der Waals surface area (Å²) in [5, 5.41) is 4.13. The number of likely N-dealkylation sites (tertiary alicyclic amines) is 1. The van der Waals surface area contributed by atoms with E-state index in [9.17, 15) is 0 Å². The summed E-state index contributed by atoms with van der Waals surface area (Å²) in [5.74, 6) is 1.15. The molecule has 4 heterocycles. The lowest BCUT2D eigenvalue weighted by Gasteiger charge is -2.45. The van der Waals surface area contributed by atoms with Gasteiger partial charge in [-0.25, -0.2) is 4.98 Å². The van der Waals surface area contributed by atoms with Crippen LogP contribution in [-0.4, -0.2) is 63.2 Å². The number of nitrogens with zero attached hydrogens (tertiary/aromatic N) is 6. The van der Waals surface area contributed by atoms with Gasteiger partial charge in [0.15, 0.2) is 0 Å². The number of piperidine rings is 2. The second-order valence-electron chi connectivity index (χ2n) is 13.2. The number of rotatable bonds is 6. The fourth-order valence-electron chi connectivity index (χ4n) is 8.75. The van der Waals surface area contributed by atoms with Gasteiger partial charge in [0.1, 0.15) is 17.0 Å². The van der Waals surface area contributed by atoms with Gasteiger partial charge >= 0.3 is 6.02 Å². The molecule has 42 heavy (non-hydrogen) atoms. The summed E-state index contributed by atoms with van der Waals surface area (Å²) in [6.07, 6.45) is 13.2. The Balaban J connectivity index is 1.05. The monoisotopic (exact) mass is 564 g/mol. The third kappa shape index (κ3) is 5.19. The third-order valence-electron chi connectivity index (χ3n) is 10.9. The third-order valence-corrected chi connectivity index (χ3v) is 10.9. The number of hydrogen-bond acceptors (Lipinski definition) is 4. The molecule has 3 saturated heterocycles. The molecule has 0 spiro atoms. The topological polar surface area (TPSA) is 50.2 Å². The van der Waals surface area contributed by atoms with Crippen LogP contribution in [0, 0.1) is 13.5 Å². The van der Waals surface area contributed by atoms with Crippen LogP contribution in [0.15, 0.2) is 59.7 Å². The summed E-state index contributed by atoms with van der Waals surface area (Å²) >= 11 is 0. The Morgan fingerprint density at radius 1 is 0.952 bits per heavy atom. The van der Waals surface area contributed by atoms with Crippen molar-refractivity contribution in [2.24, 2.45) is 5.10 Å². The first-order valence-electron chi connectivity index (χ1n) is 16.2. The molecule has 1 saturated carbocycles. The number of hydrogen-bond donors (Lipinski definition) is 0. The van der Waals surface area contributed by atoms with Gasteiger partial charge in [0, 0.05) is 31.2 Å². The fourth-order valence-corrected chi connectivity index (χ4v) is 8.75. The molecule has 4 aliphatic rings. The quantitative estimate of drug-likeness (QED) is 0.139. The molecule has 2 aromatic carbocycles. The van der Waals surface area contributed by atoms with Gasteiger partial charge in [-0.05, 0) is 107 Å². The molecule has 0 radical (unpaired) electrons. The molecule has 7 heteroatoms. The lowest BCUT2D eigenvalue weighted by molar-refractivity contribution is 0.0835. The highest BCUT2D eigenvalue weighted by atomic mass is 16.5. The molecule has 7 nitrogen and oxygen atoms in total. The van der Waals surface area contributed by atoms with Gasteiger partial charge in [0.2, 0.25) is 0 Å². The van der Waals surface area contributed by atoms with Crippen LogP contribution in [0.3, 0.4) is 0 Å². The number of benzene rings is 2. The highest BCUT2D eigenvalue weighted by molar-refractivity contribution is 5.76. The highest BCUT2D eigenvalue weighted by Crippen LogP contribution is 2.45. The van der Waals surface area contributed by atoms with Crippen molar-refractivity contribution in [3.05, 3.63) is 77.5 Å². The molecule has 3 aliphatic heterocycles. The van der Waals surface area contributed by atoms with Crippen LogP contribution in [0.4, 0.5) is 0 Å². The number of imidazole rings is 1. The Morgan fingerprint density at radius 3 is 2.36 bits per heavy atom. The summed E-state index contributed by atoms with van der Waals surface area (Å²) in [6, 6.07) is 22.2. The van der Waals surface area contributed by atoms with Gasteiger partial charge in [-0.3, -0.25) is 4.90 Å². The zero-order valence-corrected chi connectivity index (χ0v) is 25.0. The summed E-state index contributed by atoms with van der Waals surface area (Å²) in [4.78, 5) is 13.4. The molecule has 0 amide bonds. The van der Waals surface area contributed by atoms with E-state index in [0.717, 1.165) is 56.7 Å². The molecule has 2 bridgehead atoms. The summed E-state index contributed by atoms with van der Waals surface area (Å²) in [5.41, 5.74) is 4.02. The van der Waals surface area contributed by atoms with Crippen molar-refractivity contribution in [3.63, 3.8) is 0 Å². The van der Waals surface area contributed by atoms with Crippen molar-refractivity contribution < 1.29 is 4.74 Å². The Morgan fingerprint density at radius 2 is 1.64 bits per heavy atom. The number of aromatic nitrogens is 2. The lowest BCUT2D eigenvalue weighted by atomic mass is 9.70. The Bertz CT molecular complexity index is 1430. The van der Waals surface area contributed by atoms with Crippen molar-refractivity contribution in [1.82, 2.24) is 19.4 Å². The van der Waals surface area contributed by atoms with E-state index in [4.69, 9.17) is 16.3 Å². The molecule has 3 atom stereocenters. The van der Waals surface area contributed by atoms with E-state index < -0.39 is 0 Å². The van der Waals surface area contributed by atoms with Crippen molar-refractivity contribution in [2.75, 3.05) is 19.6 Å². The van der Waals surface area contributed by atoms with Crippen LogP contribution in [0.25, 0.3) is 16.0 Å². The summed E-state index contributed by atoms with van der Waals surface area (Å²) < 4.78 is 8.82. The number of ether oxygens (including phenoxy) is 1. The van der Waals surface area contributed by atoms with Crippen LogP contribution in [0.2, 0.25) is 0 Å². The van der Waals surface area contributed by atoms with E-state index in [1.165, 1.54) is 56.0 Å². The summed E-state index contributed by atoms with van der Waals surface area (Å²) in [7, 11) is 0. The van der Waals surface area contributed by atoms with Gasteiger partial charge in [-0.2, -0.15) is 6.57 Å². The van der Waals surface area contributed by atoms with Gasteiger partial charge in [0.05, 0.1) is 11.0 Å². The van der Waals surface area contributed by atoms with Gasteiger partial charge in [-0.1, -0.05) is 42.5 Å². The number of aryl methyl sites for hydroxylation is 1. The van der Waals surface area contributed by atoms with Crippen LogP contribution in [0.1, 0.15) is 88.1 Å². The van der Waals surface area contributed by atoms with E-state index in [1.54, 1.807) is 0 Å². The zero-order valence-electron chi connectivity index (χ0n) is 25.0. The minimum Gasteiger partial charge on any atom is -0.457 e. The van der Waals surface area contributed by atoms with Crippen molar-refractivity contribution in [1.29, 1.82) is 0 Å². The minimum absolute atomic E-state index is 0.141. The van der Waals surface area contributed by atoms with Crippen LogP contribution >= 0.6 is 0 Å². The Labute approximate surface area is 250 Å². The second kappa shape index (κ2) is 11.7. The molecule has 1 aliphatic carbocycles. The summed E-state index contributed by atoms with van der Waals surface area (Å²) in [6.45, 7) is 12.5. The van der Waals surface area contributed by atoms with Crippen molar-refractivity contribution >= 4 is 17.1 Å². The first kappa shape index (κ1) is 27.5. The Hall–Kier alpha value is -3.37. The minimum atomic E-state index is 0.141. The first-order chi connectivity index (χ1) is 20.6. The number of amidine groups is 1. The first-order valence-corrected chi connectivity index (χ1v) is 16.2. The van der Waals surface area contributed by atoms with E-state index in [1.807, 2.05) is 0 Å². The van der Waals surface area contributed by atoms with Crippen LogP contribution in [-0.2, 0) is 10.2 Å². The maximum atomic E-state index is 7.39. The van der Waals surface area contributed by atoms with Crippen molar-refractivity contribution in [3.8, 4) is 0 Å². The average molecular weight is 565 g/mol. The predicted octanol–water partition coefficient (Wildman–Crippen LogP) is 7.09. The standard InChI is InChI=1S/C35H44N6O/c1-26-37-32-14-8-9-15-33(32)41(26)30-24-28-16-17-29(25-30)40(28)23-20-35(27-10-4-3-5-11-27)18-21-39(22-19-35)34(38-36-2)42-31-12-6-7-13-31/h3-5,8-11,14-15,28-31H,6-7,12-13,16-25H2,1H3/b38-34-/t28-,29+,30?. The maximum absolute atomic E-state index is 7.39. The van der Waals surface area contributed by atoms with Gasteiger partial charge < -0.3 is 14.2 Å². The van der Waals surface area contributed by atoms with Crippen LogP contribution < -0.4 is 0 Å². The molecule has 7 rings (SSSR count). The van der Waals surface area contributed by atoms with E-state index in [-0.39, 0.29) is 11.5 Å². The second-order valence-corrected chi connectivity index (χ2v) is 13.2. The molecule has 1 unspecified atom stereocenters. The predicted molar refractivity (Wildman–Crippen MR) is 167 cm³/mol. The smallest absolute Gasteiger partial charge is 0.371 e. The van der Waals surface area contributed by atoms with E-state index in [2.05, 4.69) is 85.9 Å². The molecule has 3 aromatic rings. The highest BCUT2D eigenvalue weighted by Gasteiger charge is 2.44. The molecular weight excluding hydrogens is 520 g/mol.